The Hall–Kier alpha value is -4.07. The molecular formula is C23H21N5O3. The maximum atomic E-state index is 12.8. The van der Waals surface area contributed by atoms with E-state index in [2.05, 4.69) is 15.5 Å². The van der Waals surface area contributed by atoms with Crippen LogP contribution in [0.2, 0.25) is 0 Å². The number of carbonyl (C=O) groups excluding carboxylic acids is 1. The van der Waals surface area contributed by atoms with Crippen LogP contribution >= 0.6 is 0 Å². The van der Waals surface area contributed by atoms with Crippen LogP contribution in [-0.2, 0) is 18.4 Å². The highest BCUT2D eigenvalue weighted by molar-refractivity contribution is 5.94. The molecule has 2 aromatic carbocycles. The van der Waals surface area contributed by atoms with Gasteiger partial charge in [-0.05, 0) is 30.2 Å². The second kappa shape index (κ2) is 7.64. The summed E-state index contributed by atoms with van der Waals surface area (Å²) in [7, 11) is 1.82. The van der Waals surface area contributed by atoms with Crippen molar-refractivity contribution < 1.29 is 14.3 Å². The number of rotatable bonds is 5. The fourth-order valence-corrected chi connectivity index (χ4v) is 3.75. The summed E-state index contributed by atoms with van der Waals surface area (Å²) in [4.78, 5) is 12.8. The summed E-state index contributed by atoms with van der Waals surface area (Å²) in [5.74, 6) is 1.93. The van der Waals surface area contributed by atoms with E-state index in [1.165, 1.54) is 0 Å². The third-order valence-corrected chi connectivity index (χ3v) is 5.19. The average molecular weight is 415 g/mol. The van der Waals surface area contributed by atoms with Gasteiger partial charge >= 0.3 is 0 Å². The fraction of sp³-hybridized carbons (Fsp3) is 0.174. The van der Waals surface area contributed by atoms with Gasteiger partial charge < -0.3 is 14.8 Å². The lowest BCUT2D eigenvalue weighted by Gasteiger charge is -2.09. The molecule has 5 rings (SSSR count). The number of anilines is 1. The standard InChI is InChI=1S/C23H21N5O3/c1-15-22(16-6-4-3-5-7-16)23(27(2)26-15)25-21(29)13-28-12-18(11-24-28)17-8-9-19-20(10-17)31-14-30-19/h3-12H,13-14H2,1-2H3,(H,25,29). The van der Waals surface area contributed by atoms with E-state index in [9.17, 15) is 4.79 Å². The molecule has 4 aromatic rings. The Kier molecular flexibility index (Phi) is 4.66. The minimum absolute atomic E-state index is 0.0863. The van der Waals surface area contributed by atoms with Gasteiger partial charge in [-0.3, -0.25) is 14.2 Å². The van der Waals surface area contributed by atoms with Gasteiger partial charge in [0.15, 0.2) is 11.5 Å². The molecule has 1 amide bonds. The van der Waals surface area contributed by atoms with Crippen molar-refractivity contribution in [1.82, 2.24) is 19.6 Å². The number of carbonyl (C=O) groups is 1. The molecule has 0 bridgehead atoms. The molecule has 3 heterocycles. The number of aryl methyl sites for hydroxylation is 2. The van der Waals surface area contributed by atoms with Crippen LogP contribution < -0.4 is 14.8 Å². The van der Waals surface area contributed by atoms with Crippen LogP contribution in [0.3, 0.4) is 0 Å². The molecule has 1 aliphatic heterocycles. The zero-order valence-corrected chi connectivity index (χ0v) is 17.2. The fourth-order valence-electron chi connectivity index (χ4n) is 3.75. The van der Waals surface area contributed by atoms with Crippen LogP contribution in [0, 0.1) is 6.92 Å². The molecule has 2 aromatic heterocycles. The third kappa shape index (κ3) is 3.63. The number of nitrogens with one attached hydrogen (secondary N) is 1. The van der Waals surface area contributed by atoms with Gasteiger partial charge in [-0.15, -0.1) is 0 Å². The second-order valence-corrected chi connectivity index (χ2v) is 7.34. The Morgan fingerprint density at radius 1 is 1.06 bits per heavy atom. The predicted octanol–water partition coefficient (Wildman–Crippen LogP) is 3.63. The van der Waals surface area contributed by atoms with E-state index in [0.717, 1.165) is 33.7 Å². The number of ether oxygens (including phenoxy) is 2. The Labute approximate surface area is 179 Å². The molecule has 8 nitrogen and oxygen atoms in total. The molecule has 0 fully saturated rings. The first-order chi connectivity index (χ1) is 15.1. The first-order valence-electron chi connectivity index (χ1n) is 9.90. The van der Waals surface area contributed by atoms with Gasteiger partial charge in [0.1, 0.15) is 12.4 Å². The summed E-state index contributed by atoms with van der Waals surface area (Å²) < 4.78 is 14.1. The Balaban J connectivity index is 1.33. The van der Waals surface area contributed by atoms with E-state index in [-0.39, 0.29) is 19.2 Å². The summed E-state index contributed by atoms with van der Waals surface area (Å²) in [6.45, 7) is 2.25. The Bertz CT molecular complexity index is 1260. The molecule has 31 heavy (non-hydrogen) atoms. The van der Waals surface area contributed by atoms with Crippen molar-refractivity contribution in [2.24, 2.45) is 7.05 Å². The number of aromatic nitrogens is 4. The van der Waals surface area contributed by atoms with Gasteiger partial charge in [0.25, 0.3) is 0 Å². The summed E-state index contributed by atoms with van der Waals surface area (Å²) in [6, 6.07) is 15.6. The molecule has 0 aliphatic carbocycles. The lowest BCUT2D eigenvalue weighted by atomic mass is 10.1. The molecule has 0 saturated heterocycles. The van der Waals surface area contributed by atoms with E-state index in [1.807, 2.05) is 68.7 Å². The van der Waals surface area contributed by atoms with Crippen molar-refractivity contribution in [3.8, 4) is 33.8 Å². The summed E-state index contributed by atoms with van der Waals surface area (Å²) in [6.07, 6.45) is 3.57. The number of hydrogen-bond donors (Lipinski definition) is 1. The van der Waals surface area contributed by atoms with Crippen molar-refractivity contribution in [2.45, 2.75) is 13.5 Å². The van der Waals surface area contributed by atoms with E-state index in [4.69, 9.17) is 9.47 Å². The molecular weight excluding hydrogens is 394 g/mol. The number of nitrogens with zero attached hydrogens (tertiary/aromatic N) is 4. The van der Waals surface area contributed by atoms with Crippen LogP contribution in [0.25, 0.3) is 22.3 Å². The minimum Gasteiger partial charge on any atom is -0.454 e. The molecule has 0 unspecified atom stereocenters. The van der Waals surface area contributed by atoms with Crippen LogP contribution in [0.1, 0.15) is 5.69 Å². The lowest BCUT2D eigenvalue weighted by Crippen LogP contribution is -2.21. The molecule has 0 spiro atoms. The van der Waals surface area contributed by atoms with Gasteiger partial charge in [0, 0.05) is 24.4 Å². The number of benzene rings is 2. The van der Waals surface area contributed by atoms with E-state index in [0.29, 0.717) is 11.6 Å². The Morgan fingerprint density at radius 2 is 1.87 bits per heavy atom. The largest absolute Gasteiger partial charge is 0.454 e. The van der Waals surface area contributed by atoms with Crippen LogP contribution in [0.15, 0.2) is 60.9 Å². The monoisotopic (exact) mass is 415 g/mol. The van der Waals surface area contributed by atoms with Crippen molar-refractivity contribution >= 4 is 11.7 Å². The van der Waals surface area contributed by atoms with Crippen LogP contribution in [-0.4, -0.2) is 32.3 Å². The average Bonchev–Trinajstić information content (AvgIpc) is 3.48. The highest BCUT2D eigenvalue weighted by Gasteiger charge is 2.18. The van der Waals surface area contributed by atoms with E-state index < -0.39 is 0 Å². The SMILES string of the molecule is Cc1nn(C)c(NC(=O)Cn2cc(-c3ccc4c(c3)OCO4)cn2)c1-c1ccccc1. The minimum atomic E-state index is -0.180. The second-order valence-electron chi connectivity index (χ2n) is 7.34. The van der Waals surface area contributed by atoms with Gasteiger partial charge in [-0.2, -0.15) is 10.2 Å². The summed E-state index contributed by atoms with van der Waals surface area (Å²) in [5.41, 5.74) is 4.62. The number of hydrogen-bond acceptors (Lipinski definition) is 5. The first-order valence-corrected chi connectivity index (χ1v) is 9.90. The first kappa shape index (κ1) is 18.9. The maximum absolute atomic E-state index is 12.8. The number of amides is 1. The van der Waals surface area contributed by atoms with Crippen molar-refractivity contribution in [3.05, 3.63) is 66.6 Å². The van der Waals surface area contributed by atoms with Gasteiger partial charge in [-0.25, -0.2) is 0 Å². The molecule has 1 N–H and O–H groups in total. The zero-order chi connectivity index (χ0) is 21.4. The third-order valence-electron chi connectivity index (χ3n) is 5.19. The van der Waals surface area contributed by atoms with Crippen LogP contribution in [0.4, 0.5) is 5.82 Å². The van der Waals surface area contributed by atoms with Crippen LogP contribution in [0.5, 0.6) is 11.5 Å². The number of fused-ring (bicyclic) bond motifs is 1. The smallest absolute Gasteiger partial charge is 0.247 e. The topological polar surface area (TPSA) is 83.2 Å². The molecule has 0 saturated carbocycles. The molecule has 0 atom stereocenters. The summed E-state index contributed by atoms with van der Waals surface area (Å²) >= 11 is 0. The lowest BCUT2D eigenvalue weighted by molar-refractivity contribution is -0.116. The summed E-state index contributed by atoms with van der Waals surface area (Å²) in [5, 5.41) is 11.8. The molecule has 8 heteroatoms. The van der Waals surface area contributed by atoms with Crippen molar-refractivity contribution in [2.75, 3.05) is 12.1 Å². The van der Waals surface area contributed by atoms with Gasteiger partial charge in [-0.1, -0.05) is 36.4 Å². The molecule has 1 aliphatic rings. The predicted molar refractivity (Wildman–Crippen MR) is 116 cm³/mol. The van der Waals surface area contributed by atoms with Gasteiger partial charge in [0.05, 0.1) is 11.9 Å². The highest BCUT2D eigenvalue weighted by Crippen LogP contribution is 2.36. The molecule has 0 radical (unpaired) electrons. The zero-order valence-electron chi connectivity index (χ0n) is 17.2. The Morgan fingerprint density at radius 3 is 2.71 bits per heavy atom. The normalized spacial score (nSPS) is 12.2. The van der Waals surface area contributed by atoms with Gasteiger partial charge in [0.2, 0.25) is 12.7 Å². The van der Waals surface area contributed by atoms with E-state index >= 15 is 0 Å². The van der Waals surface area contributed by atoms with Crippen molar-refractivity contribution in [3.63, 3.8) is 0 Å². The van der Waals surface area contributed by atoms with E-state index in [1.54, 1.807) is 15.6 Å². The molecule has 156 valence electrons. The highest BCUT2D eigenvalue weighted by atomic mass is 16.7. The quantitative estimate of drug-likeness (QED) is 0.538. The maximum Gasteiger partial charge on any atom is 0.247 e. The van der Waals surface area contributed by atoms with Crippen molar-refractivity contribution in [1.29, 1.82) is 0 Å².